The normalized spacial score (nSPS) is 12.1. The maximum Gasteiger partial charge on any atom is 0.154 e. The summed E-state index contributed by atoms with van der Waals surface area (Å²) in [6, 6.07) is 0. The lowest BCUT2D eigenvalue weighted by Crippen LogP contribution is -2.09. The summed E-state index contributed by atoms with van der Waals surface area (Å²) in [6.45, 7) is 4.11. The van der Waals surface area contributed by atoms with Crippen LogP contribution in [0.1, 0.15) is 25.4 Å². The molecule has 4 nitrogen and oxygen atoms in total. The predicted molar refractivity (Wildman–Crippen MR) is 71.8 cm³/mol. The van der Waals surface area contributed by atoms with Gasteiger partial charge in [-0.25, -0.2) is 18.4 Å². The molecule has 0 aliphatic rings. The molecular weight excluding hydrogens is 328 g/mol. The largest absolute Gasteiger partial charge is 0.236 e. The molecule has 0 N–H and O–H groups in total. The fourth-order valence-electron chi connectivity index (χ4n) is 1.33. The Morgan fingerprint density at radius 3 is 2.41 bits per heavy atom. The number of sulfone groups is 1. The maximum absolute atomic E-state index is 11.2. The van der Waals surface area contributed by atoms with Crippen LogP contribution in [-0.4, -0.2) is 24.6 Å². The summed E-state index contributed by atoms with van der Waals surface area (Å²) >= 11 is 9.25. The second-order valence-electron chi connectivity index (χ2n) is 4.36. The highest BCUT2D eigenvalue weighted by Crippen LogP contribution is 2.25. The molecule has 1 aromatic heterocycles. The number of rotatable bonds is 4. The Bertz CT molecular complexity index is 517. The summed E-state index contributed by atoms with van der Waals surface area (Å²) in [6.07, 6.45) is 1.87. The van der Waals surface area contributed by atoms with Gasteiger partial charge in [0.25, 0.3) is 0 Å². The number of nitrogens with zero attached hydrogens (tertiary/aromatic N) is 2. The first-order valence-corrected chi connectivity index (χ1v) is 8.30. The molecular formula is C10H14BrClN2O2S. The van der Waals surface area contributed by atoms with Crippen molar-refractivity contribution in [1.29, 1.82) is 0 Å². The number of hydrogen-bond donors (Lipinski definition) is 0. The van der Waals surface area contributed by atoms with Crippen molar-refractivity contribution in [2.75, 3.05) is 6.26 Å². The Hall–Kier alpha value is -0.200. The van der Waals surface area contributed by atoms with E-state index < -0.39 is 9.84 Å². The van der Waals surface area contributed by atoms with Gasteiger partial charge >= 0.3 is 0 Å². The topological polar surface area (TPSA) is 59.9 Å². The van der Waals surface area contributed by atoms with Crippen molar-refractivity contribution in [2.24, 2.45) is 5.92 Å². The first kappa shape index (κ1) is 14.9. The lowest BCUT2D eigenvalue weighted by Gasteiger charge is -2.09. The molecule has 0 amide bonds. The van der Waals surface area contributed by atoms with Crippen molar-refractivity contribution in [3.8, 4) is 0 Å². The second-order valence-corrected chi connectivity index (χ2v) is 7.65. The zero-order valence-corrected chi connectivity index (χ0v) is 13.0. The number of aromatic nitrogens is 2. The van der Waals surface area contributed by atoms with Gasteiger partial charge in [0.05, 0.1) is 10.2 Å². The lowest BCUT2D eigenvalue weighted by molar-refractivity contribution is 0.598. The van der Waals surface area contributed by atoms with Gasteiger partial charge in [-0.2, -0.15) is 0 Å². The molecule has 0 spiro atoms. The van der Waals surface area contributed by atoms with Crippen molar-refractivity contribution in [3.63, 3.8) is 0 Å². The van der Waals surface area contributed by atoms with E-state index >= 15 is 0 Å². The molecule has 0 fully saturated rings. The summed E-state index contributed by atoms with van der Waals surface area (Å²) in [7, 11) is -3.15. The molecule has 17 heavy (non-hydrogen) atoms. The van der Waals surface area contributed by atoms with Crippen molar-refractivity contribution in [3.05, 3.63) is 21.1 Å². The third-order valence-corrected chi connectivity index (χ3v) is 4.04. The van der Waals surface area contributed by atoms with Crippen LogP contribution in [0, 0.1) is 5.92 Å². The van der Waals surface area contributed by atoms with Crippen LogP contribution in [0.15, 0.2) is 4.47 Å². The van der Waals surface area contributed by atoms with Crippen LogP contribution in [-0.2, 0) is 22.0 Å². The Morgan fingerprint density at radius 1 is 1.35 bits per heavy atom. The fraction of sp³-hybridized carbons (Fsp3) is 0.600. The van der Waals surface area contributed by atoms with Gasteiger partial charge in [0, 0.05) is 6.26 Å². The van der Waals surface area contributed by atoms with E-state index in [1.807, 2.05) is 0 Å². The van der Waals surface area contributed by atoms with Gasteiger partial charge in [0.2, 0.25) is 0 Å². The van der Waals surface area contributed by atoms with Crippen LogP contribution < -0.4 is 0 Å². The molecule has 96 valence electrons. The van der Waals surface area contributed by atoms with E-state index in [1.54, 1.807) is 0 Å². The standard InChI is InChI=1S/C10H14BrClN2O2S/c1-6(2)4-7-9(11)10(12)14-8(13-7)5-17(3,15)16/h6H,4-5H2,1-3H3. The Kier molecular flexibility index (Phi) is 4.92. The summed E-state index contributed by atoms with van der Waals surface area (Å²) in [4.78, 5) is 8.19. The highest BCUT2D eigenvalue weighted by molar-refractivity contribution is 9.10. The molecule has 0 unspecified atom stereocenters. The monoisotopic (exact) mass is 340 g/mol. The van der Waals surface area contributed by atoms with Crippen molar-refractivity contribution < 1.29 is 8.42 Å². The summed E-state index contributed by atoms with van der Waals surface area (Å²) in [5.74, 6) is 0.463. The van der Waals surface area contributed by atoms with Crippen molar-refractivity contribution >= 4 is 37.4 Å². The predicted octanol–water partition coefficient (Wildman–Crippen LogP) is 2.64. The Morgan fingerprint density at radius 2 is 1.94 bits per heavy atom. The molecule has 0 atom stereocenters. The first-order valence-electron chi connectivity index (χ1n) is 5.07. The molecule has 7 heteroatoms. The van der Waals surface area contributed by atoms with E-state index in [9.17, 15) is 8.42 Å². The maximum atomic E-state index is 11.2. The molecule has 0 saturated heterocycles. The van der Waals surface area contributed by atoms with Crippen molar-refractivity contribution in [1.82, 2.24) is 9.97 Å². The van der Waals surface area contributed by atoms with Gasteiger partial charge in [0.15, 0.2) is 9.84 Å². The zero-order chi connectivity index (χ0) is 13.2. The fourth-order valence-corrected chi connectivity index (χ4v) is 2.48. The minimum Gasteiger partial charge on any atom is -0.236 e. The van der Waals surface area contributed by atoms with Gasteiger partial charge in [-0.3, -0.25) is 0 Å². The molecule has 0 radical (unpaired) electrons. The highest BCUT2D eigenvalue weighted by atomic mass is 79.9. The van der Waals surface area contributed by atoms with E-state index in [-0.39, 0.29) is 16.7 Å². The average molecular weight is 342 g/mol. The summed E-state index contributed by atoms with van der Waals surface area (Å²) < 4.78 is 23.0. The third kappa shape index (κ3) is 4.89. The third-order valence-electron chi connectivity index (χ3n) is 1.92. The minimum atomic E-state index is -3.15. The van der Waals surface area contributed by atoms with Gasteiger partial charge in [-0.15, -0.1) is 0 Å². The van der Waals surface area contributed by atoms with Gasteiger partial charge in [-0.05, 0) is 28.3 Å². The zero-order valence-electron chi connectivity index (χ0n) is 9.87. The van der Waals surface area contributed by atoms with Crippen molar-refractivity contribution in [2.45, 2.75) is 26.0 Å². The Labute approximate surface area is 115 Å². The van der Waals surface area contributed by atoms with Gasteiger partial charge in [0.1, 0.15) is 16.7 Å². The summed E-state index contributed by atoms with van der Waals surface area (Å²) in [5, 5.41) is 0.259. The lowest BCUT2D eigenvalue weighted by atomic mass is 10.1. The molecule has 0 aromatic carbocycles. The average Bonchev–Trinajstić information content (AvgIpc) is 2.09. The van der Waals surface area contributed by atoms with Crippen LogP contribution in [0.4, 0.5) is 0 Å². The quantitative estimate of drug-likeness (QED) is 0.790. The smallest absolute Gasteiger partial charge is 0.154 e. The molecule has 0 saturated carbocycles. The first-order chi connectivity index (χ1) is 7.69. The van der Waals surface area contributed by atoms with Gasteiger partial charge in [-0.1, -0.05) is 25.4 Å². The second kappa shape index (κ2) is 5.63. The minimum absolute atomic E-state index is 0.189. The van der Waals surface area contributed by atoms with E-state index in [0.717, 1.165) is 18.4 Å². The van der Waals surface area contributed by atoms with E-state index in [4.69, 9.17) is 11.6 Å². The summed E-state index contributed by atoms with van der Waals surface area (Å²) in [5.41, 5.74) is 0.749. The van der Waals surface area contributed by atoms with E-state index in [0.29, 0.717) is 10.4 Å². The Balaban J connectivity index is 3.14. The molecule has 1 aromatic rings. The number of halogens is 2. The van der Waals surface area contributed by atoms with Crippen LogP contribution >= 0.6 is 27.5 Å². The molecule has 0 aliphatic carbocycles. The molecule has 0 bridgehead atoms. The van der Waals surface area contributed by atoms with Crippen LogP contribution in [0.25, 0.3) is 0 Å². The van der Waals surface area contributed by atoms with E-state index in [1.165, 1.54) is 0 Å². The number of hydrogen-bond acceptors (Lipinski definition) is 4. The van der Waals surface area contributed by atoms with Gasteiger partial charge < -0.3 is 0 Å². The molecule has 0 aliphatic heterocycles. The molecule has 1 heterocycles. The van der Waals surface area contributed by atoms with E-state index in [2.05, 4.69) is 39.7 Å². The van der Waals surface area contributed by atoms with Crippen LogP contribution in [0.2, 0.25) is 5.15 Å². The molecule has 1 rings (SSSR count). The SMILES string of the molecule is CC(C)Cc1nc(CS(C)(=O)=O)nc(Cl)c1Br. The van der Waals surface area contributed by atoms with Crippen LogP contribution in [0.3, 0.4) is 0 Å². The van der Waals surface area contributed by atoms with Crippen LogP contribution in [0.5, 0.6) is 0 Å². The highest BCUT2D eigenvalue weighted by Gasteiger charge is 2.15.